The summed E-state index contributed by atoms with van der Waals surface area (Å²) < 4.78 is 4.94. The van der Waals surface area contributed by atoms with Gasteiger partial charge in [0, 0.05) is 58.6 Å². The SMILES string of the molecule is COCCCNC(=O)CN1CCN(C(=O)Cc2ccc([N+](=O)[O-])cc2)CC1. The molecular weight excluding hydrogens is 352 g/mol. The number of benzene rings is 1. The van der Waals surface area contributed by atoms with Gasteiger partial charge < -0.3 is 15.0 Å². The number of nitro benzene ring substituents is 1. The van der Waals surface area contributed by atoms with Gasteiger partial charge in [0.1, 0.15) is 0 Å². The van der Waals surface area contributed by atoms with Crippen LogP contribution in [0, 0.1) is 10.1 Å². The number of nitrogens with zero attached hydrogens (tertiary/aromatic N) is 3. The lowest BCUT2D eigenvalue weighted by molar-refractivity contribution is -0.384. The summed E-state index contributed by atoms with van der Waals surface area (Å²) in [7, 11) is 1.63. The Hall–Kier alpha value is -2.52. The number of hydrogen-bond donors (Lipinski definition) is 1. The normalized spacial score (nSPS) is 14.8. The summed E-state index contributed by atoms with van der Waals surface area (Å²) >= 11 is 0. The quantitative estimate of drug-likeness (QED) is 0.380. The third-order valence-electron chi connectivity index (χ3n) is 4.44. The monoisotopic (exact) mass is 378 g/mol. The van der Waals surface area contributed by atoms with Crippen molar-refractivity contribution in [1.29, 1.82) is 0 Å². The second-order valence-corrected chi connectivity index (χ2v) is 6.45. The van der Waals surface area contributed by atoms with Gasteiger partial charge in [-0.1, -0.05) is 12.1 Å². The summed E-state index contributed by atoms with van der Waals surface area (Å²) in [5.41, 5.74) is 0.767. The van der Waals surface area contributed by atoms with Crippen LogP contribution in [0.4, 0.5) is 5.69 Å². The summed E-state index contributed by atoms with van der Waals surface area (Å²) in [5, 5.41) is 13.5. The van der Waals surface area contributed by atoms with E-state index in [1.807, 2.05) is 4.90 Å². The van der Waals surface area contributed by atoms with Crippen molar-refractivity contribution in [2.45, 2.75) is 12.8 Å². The van der Waals surface area contributed by atoms with Crippen LogP contribution in [0.2, 0.25) is 0 Å². The first-order valence-electron chi connectivity index (χ1n) is 8.98. The molecule has 0 bridgehead atoms. The van der Waals surface area contributed by atoms with Crippen molar-refractivity contribution in [1.82, 2.24) is 15.1 Å². The number of nitrogens with one attached hydrogen (secondary N) is 1. The van der Waals surface area contributed by atoms with E-state index in [9.17, 15) is 19.7 Å². The van der Waals surface area contributed by atoms with Gasteiger partial charge in [-0.25, -0.2) is 0 Å². The van der Waals surface area contributed by atoms with Crippen LogP contribution in [0.5, 0.6) is 0 Å². The molecular formula is C18H26N4O5. The van der Waals surface area contributed by atoms with E-state index in [-0.39, 0.29) is 23.9 Å². The Balaban J connectivity index is 1.70. The second-order valence-electron chi connectivity index (χ2n) is 6.45. The van der Waals surface area contributed by atoms with Gasteiger partial charge in [-0.05, 0) is 12.0 Å². The van der Waals surface area contributed by atoms with Crippen LogP contribution in [0.15, 0.2) is 24.3 Å². The fourth-order valence-corrected chi connectivity index (χ4v) is 2.88. The zero-order valence-electron chi connectivity index (χ0n) is 15.6. The van der Waals surface area contributed by atoms with Gasteiger partial charge in [-0.15, -0.1) is 0 Å². The molecule has 9 heteroatoms. The minimum Gasteiger partial charge on any atom is -0.385 e. The van der Waals surface area contributed by atoms with Crippen molar-refractivity contribution in [3.63, 3.8) is 0 Å². The van der Waals surface area contributed by atoms with Gasteiger partial charge in [0.15, 0.2) is 0 Å². The molecule has 0 saturated carbocycles. The van der Waals surface area contributed by atoms with Crippen molar-refractivity contribution in [2.24, 2.45) is 0 Å². The number of ether oxygens (including phenoxy) is 1. The van der Waals surface area contributed by atoms with Crippen molar-refractivity contribution >= 4 is 17.5 Å². The Morgan fingerprint density at radius 2 is 1.85 bits per heavy atom. The fraction of sp³-hybridized carbons (Fsp3) is 0.556. The highest BCUT2D eigenvalue weighted by atomic mass is 16.6. The number of rotatable bonds is 9. The topological polar surface area (TPSA) is 105 Å². The Morgan fingerprint density at radius 1 is 1.19 bits per heavy atom. The largest absolute Gasteiger partial charge is 0.385 e. The molecule has 0 unspecified atom stereocenters. The van der Waals surface area contributed by atoms with E-state index in [4.69, 9.17) is 4.74 Å². The summed E-state index contributed by atoms with van der Waals surface area (Å²) in [4.78, 5) is 38.3. The molecule has 2 amide bonds. The lowest BCUT2D eigenvalue weighted by atomic mass is 10.1. The molecule has 0 aliphatic carbocycles. The van der Waals surface area contributed by atoms with Crippen LogP contribution in [-0.2, 0) is 20.7 Å². The maximum Gasteiger partial charge on any atom is 0.269 e. The Kier molecular flexibility index (Phi) is 8.15. The van der Waals surface area contributed by atoms with E-state index < -0.39 is 4.92 Å². The standard InChI is InChI=1S/C18H26N4O5/c1-27-12-2-7-19-17(23)14-20-8-10-21(11-9-20)18(24)13-15-3-5-16(6-4-15)22(25)26/h3-6H,2,7-14H2,1H3,(H,19,23). The number of piperazine rings is 1. The fourth-order valence-electron chi connectivity index (χ4n) is 2.88. The molecule has 1 aliphatic rings. The molecule has 1 saturated heterocycles. The molecule has 1 heterocycles. The molecule has 0 aromatic heterocycles. The number of nitro groups is 1. The van der Waals surface area contributed by atoms with E-state index in [0.29, 0.717) is 45.9 Å². The molecule has 9 nitrogen and oxygen atoms in total. The molecule has 1 aliphatic heterocycles. The highest BCUT2D eigenvalue weighted by molar-refractivity contribution is 5.79. The van der Waals surface area contributed by atoms with Crippen LogP contribution in [-0.4, -0.2) is 79.5 Å². The predicted octanol–water partition coefficient (Wildman–Crippen LogP) is 0.434. The first kappa shape index (κ1) is 20.8. The van der Waals surface area contributed by atoms with Crippen LogP contribution >= 0.6 is 0 Å². The van der Waals surface area contributed by atoms with Crippen LogP contribution in [0.3, 0.4) is 0 Å². The third-order valence-corrected chi connectivity index (χ3v) is 4.44. The van der Waals surface area contributed by atoms with Crippen LogP contribution in [0.1, 0.15) is 12.0 Å². The number of non-ortho nitro benzene ring substituents is 1. The van der Waals surface area contributed by atoms with Gasteiger partial charge in [-0.2, -0.15) is 0 Å². The average molecular weight is 378 g/mol. The highest BCUT2D eigenvalue weighted by Gasteiger charge is 2.22. The number of methoxy groups -OCH3 is 1. The van der Waals surface area contributed by atoms with Gasteiger partial charge >= 0.3 is 0 Å². The number of hydrogen-bond acceptors (Lipinski definition) is 6. The zero-order valence-corrected chi connectivity index (χ0v) is 15.6. The number of carbonyl (C=O) groups excluding carboxylic acids is 2. The highest BCUT2D eigenvalue weighted by Crippen LogP contribution is 2.13. The third kappa shape index (κ3) is 6.95. The number of amides is 2. The molecule has 148 valence electrons. The summed E-state index contributed by atoms with van der Waals surface area (Å²) in [6.45, 7) is 3.99. The van der Waals surface area contributed by atoms with E-state index in [0.717, 1.165) is 12.0 Å². The summed E-state index contributed by atoms with van der Waals surface area (Å²) in [6.07, 6.45) is 1.01. The predicted molar refractivity (Wildman–Crippen MR) is 99.3 cm³/mol. The molecule has 0 atom stereocenters. The van der Waals surface area contributed by atoms with E-state index >= 15 is 0 Å². The van der Waals surface area contributed by atoms with Gasteiger partial charge in [-0.3, -0.25) is 24.6 Å². The Bertz CT molecular complexity index is 642. The minimum atomic E-state index is -0.460. The first-order valence-corrected chi connectivity index (χ1v) is 8.98. The van der Waals surface area contributed by atoms with E-state index in [2.05, 4.69) is 5.32 Å². The van der Waals surface area contributed by atoms with Gasteiger partial charge in [0.25, 0.3) is 5.69 Å². The van der Waals surface area contributed by atoms with Crippen LogP contribution < -0.4 is 5.32 Å². The molecule has 1 fully saturated rings. The maximum absolute atomic E-state index is 12.4. The molecule has 0 spiro atoms. The summed E-state index contributed by atoms with van der Waals surface area (Å²) in [5.74, 6) is -0.0238. The maximum atomic E-state index is 12.4. The lowest BCUT2D eigenvalue weighted by Gasteiger charge is -2.34. The van der Waals surface area contributed by atoms with Gasteiger partial charge in [0.05, 0.1) is 17.9 Å². The van der Waals surface area contributed by atoms with Crippen molar-refractivity contribution in [3.05, 3.63) is 39.9 Å². The Labute approximate surface area is 158 Å². The first-order chi connectivity index (χ1) is 13.0. The smallest absolute Gasteiger partial charge is 0.269 e. The van der Waals surface area contributed by atoms with Gasteiger partial charge in [0.2, 0.25) is 11.8 Å². The molecule has 1 aromatic rings. The van der Waals surface area contributed by atoms with Crippen molar-refractivity contribution in [2.75, 3.05) is 53.0 Å². The average Bonchev–Trinajstić information content (AvgIpc) is 2.66. The molecule has 0 radical (unpaired) electrons. The molecule has 27 heavy (non-hydrogen) atoms. The van der Waals surface area contributed by atoms with E-state index in [1.165, 1.54) is 12.1 Å². The van der Waals surface area contributed by atoms with Crippen molar-refractivity contribution < 1.29 is 19.2 Å². The van der Waals surface area contributed by atoms with Crippen LogP contribution in [0.25, 0.3) is 0 Å². The molecule has 2 rings (SSSR count). The molecule has 1 N–H and O–H groups in total. The lowest BCUT2D eigenvalue weighted by Crippen LogP contribution is -2.51. The zero-order chi connectivity index (χ0) is 19.6. The molecule has 1 aromatic carbocycles. The second kappa shape index (κ2) is 10.6. The summed E-state index contributed by atoms with van der Waals surface area (Å²) in [6, 6.07) is 6.04. The minimum absolute atomic E-state index is 0.00693. The Morgan fingerprint density at radius 3 is 2.44 bits per heavy atom. The van der Waals surface area contributed by atoms with Crippen molar-refractivity contribution in [3.8, 4) is 0 Å². The van der Waals surface area contributed by atoms with E-state index in [1.54, 1.807) is 24.1 Å². The number of carbonyl (C=O) groups is 2.